The first kappa shape index (κ1) is 20.7. The van der Waals surface area contributed by atoms with E-state index in [1.165, 1.54) is 11.8 Å². The molecule has 0 bridgehead atoms. The van der Waals surface area contributed by atoms with Gasteiger partial charge in [-0.1, -0.05) is 54.1 Å². The highest BCUT2D eigenvalue weighted by Crippen LogP contribution is 2.42. The minimum atomic E-state index is -0.687. The van der Waals surface area contributed by atoms with Crippen molar-refractivity contribution < 1.29 is 14.4 Å². The van der Waals surface area contributed by atoms with E-state index < -0.39 is 18.0 Å². The summed E-state index contributed by atoms with van der Waals surface area (Å²) in [7, 11) is 0. The zero-order valence-corrected chi connectivity index (χ0v) is 17.6. The average molecular weight is 437 g/mol. The molecule has 0 spiro atoms. The third-order valence-electron chi connectivity index (χ3n) is 5.60. The van der Waals surface area contributed by atoms with Gasteiger partial charge in [-0.25, -0.2) is 4.79 Å². The number of para-hydroxylation sites is 1. The van der Waals surface area contributed by atoms with Crippen LogP contribution < -0.4 is 11.5 Å². The molecule has 1 unspecified atom stereocenters. The fourth-order valence-electron chi connectivity index (χ4n) is 4.22. The van der Waals surface area contributed by atoms with Crippen LogP contribution in [0.3, 0.4) is 0 Å². The molecule has 1 atom stereocenters. The van der Waals surface area contributed by atoms with E-state index in [0.717, 1.165) is 11.4 Å². The number of nitrogens with zero attached hydrogens (tertiary/aromatic N) is 2. The Kier molecular flexibility index (Phi) is 5.29. The standard InChI is InChI=1S/C23H21ClN4O3/c1-13(29)14-7-9-15(10-8-14)20-18-17(11-12-27(20)23(26)31)28(16-5-3-2-4-6-16)21(24)19(18)22(25)30/h2-10,20H,11-12H2,1H3,(H2,25,30)(H2,26,31). The Hall–Kier alpha value is -3.58. The lowest BCUT2D eigenvalue weighted by Gasteiger charge is -2.36. The van der Waals surface area contributed by atoms with Crippen LogP contribution in [0.2, 0.25) is 5.15 Å². The highest BCUT2D eigenvalue weighted by atomic mass is 35.5. The van der Waals surface area contributed by atoms with Gasteiger partial charge >= 0.3 is 6.03 Å². The van der Waals surface area contributed by atoms with E-state index in [0.29, 0.717) is 29.7 Å². The van der Waals surface area contributed by atoms with Crippen molar-refractivity contribution in [2.24, 2.45) is 11.5 Å². The molecule has 4 rings (SSSR count). The number of fused-ring (bicyclic) bond motifs is 1. The maximum absolute atomic E-state index is 12.5. The summed E-state index contributed by atoms with van der Waals surface area (Å²) < 4.78 is 1.80. The Labute approximate surface area is 184 Å². The van der Waals surface area contributed by atoms with Gasteiger partial charge in [0, 0.05) is 35.5 Å². The van der Waals surface area contributed by atoms with Gasteiger partial charge in [-0.05, 0) is 24.6 Å². The van der Waals surface area contributed by atoms with Gasteiger partial charge in [-0.3, -0.25) is 9.59 Å². The van der Waals surface area contributed by atoms with E-state index in [4.69, 9.17) is 23.1 Å². The van der Waals surface area contributed by atoms with Crippen molar-refractivity contribution in [3.63, 3.8) is 0 Å². The van der Waals surface area contributed by atoms with Crippen molar-refractivity contribution in [1.29, 1.82) is 0 Å². The lowest BCUT2D eigenvalue weighted by molar-refractivity contribution is 0.0994. The van der Waals surface area contributed by atoms with Crippen LogP contribution in [-0.4, -0.2) is 33.7 Å². The third-order valence-corrected chi connectivity index (χ3v) is 5.96. The molecule has 158 valence electrons. The normalized spacial score (nSPS) is 15.4. The Morgan fingerprint density at radius 3 is 2.19 bits per heavy atom. The second kappa shape index (κ2) is 7.92. The van der Waals surface area contributed by atoms with E-state index >= 15 is 0 Å². The van der Waals surface area contributed by atoms with Crippen molar-refractivity contribution >= 4 is 29.3 Å². The molecule has 1 aliphatic heterocycles. The van der Waals surface area contributed by atoms with Crippen LogP contribution >= 0.6 is 11.6 Å². The number of amides is 3. The molecule has 0 saturated carbocycles. The molecule has 0 aliphatic carbocycles. The smallest absolute Gasteiger partial charge is 0.315 e. The number of benzene rings is 2. The number of carbonyl (C=O) groups is 3. The van der Waals surface area contributed by atoms with Gasteiger partial charge < -0.3 is 20.9 Å². The molecule has 2 aromatic carbocycles. The van der Waals surface area contributed by atoms with E-state index in [1.807, 2.05) is 30.3 Å². The summed E-state index contributed by atoms with van der Waals surface area (Å²) in [5.41, 5.74) is 15.0. The van der Waals surface area contributed by atoms with Gasteiger partial charge in [0.15, 0.2) is 5.78 Å². The van der Waals surface area contributed by atoms with Crippen molar-refractivity contribution in [1.82, 2.24) is 9.47 Å². The molecule has 0 fully saturated rings. The zero-order chi connectivity index (χ0) is 22.3. The van der Waals surface area contributed by atoms with Crippen molar-refractivity contribution in [3.8, 4) is 5.69 Å². The number of carbonyl (C=O) groups excluding carboxylic acids is 3. The van der Waals surface area contributed by atoms with Crippen molar-refractivity contribution in [2.45, 2.75) is 19.4 Å². The summed E-state index contributed by atoms with van der Waals surface area (Å²) in [6.45, 7) is 1.82. The predicted octanol–water partition coefficient (Wildman–Crippen LogP) is 3.46. The fourth-order valence-corrected chi connectivity index (χ4v) is 4.62. The molecule has 8 heteroatoms. The van der Waals surface area contributed by atoms with Crippen LogP contribution in [0.15, 0.2) is 54.6 Å². The lowest BCUT2D eigenvalue weighted by atomic mass is 9.89. The number of hydrogen-bond acceptors (Lipinski definition) is 3. The largest absolute Gasteiger partial charge is 0.365 e. The minimum Gasteiger partial charge on any atom is -0.365 e. The van der Waals surface area contributed by atoms with Gasteiger partial charge in [0.1, 0.15) is 5.15 Å². The van der Waals surface area contributed by atoms with Crippen LogP contribution in [0.1, 0.15) is 50.5 Å². The number of primary amides is 2. The molecule has 1 aliphatic rings. The maximum Gasteiger partial charge on any atom is 0.315 e. The van der Waals surface area contributed by atoms with Crippen LogP contribution in [0.5, 0.6) is 0 Å². The van der Waals surface area contributed by atoms with Crippen LogP contribution in [0.25, 0.3) is 5.69 Å². The van der Waals surface area contributed by atoms with Crippen molar-refractivity contribution in [2.75, 3.05) is 6.54 Å². The Balaban J connectivity index is 1.99. The van der Waals surface area contributed by atoms with Crippen LogP contribution in [-0.2, 0) is 6.42 Å². The number of rotatable bonds is 4. The molecule has 3 aromatic rings. The van der Waals surface area contributed by atoms with Crippen LogP contribution in [0, 0.1) is 0 Å². The molecule has 0 radical (unpaired) electrons. The summed E-state index contributed by atoms with van der Waals surface area (Å²) in [5, 5.41) is 0.195. The Morgan fingerprint density at radius 2 is 1.65 bits per heavy atom. The van der Waals surface area contributed by atoms with Gasteiger partial charge in [-0.15, -0.1) is 0 Å². The molecule has 7 nitrogen and oxygen atoms in total. The number of aromatic nitrogens is 1. The second-order valence-electron chi connectivity index (χ2n) is 7.42. The number of hydrogen-bond donors (Lipinski definition) is 2. The maximum atomic E-state index is 12.5. The summed E-state index contributed by atoms with van der Waals surface area (Å²) >= 11 is 6.68. The number of Topliss-reactive ketones (excluding diaryl/α,β-unsaturated/α-hetero) is 1. The quantitative estimate of drug-likeness (QED) is 0.610. The van der Waals surface area contributed by atoms with Gasteiger partial charge in [0.2, 0.25) is 0 Å². The highest BCUT2D eigenvalue weighted by Gasteiger charge is 2.39. The monoisotopic (exact) mass is 436 g/mol. The zero-order valence-electron chi connectivity index (χ0n) is 16.8. The SMILES string of the molecule is CC(=O)c1ccc(C2c3c(C(N)=O)c(Cl)n(-c4ccccc4)c3CCN2C(N)=O)cc1. The fraction of sp³-hybridized carbons (Fsp3) is 0.174. The van der Waals surface area contributed by atoms with Gasteiger partial charge in [0.25, 0.3) is 5.91 Å². The third kappa shape index (κ3) is 3.47. The molecule has 2 heterocycles. The predicted molar refractivity (Wildman–Crippen MR) is 118 cm³/mol. The average Bonchev–Trinajstić information content (AvgIpc) is 3.05. The van der Waals surface area contributed by atoms with E-state index in [1.54, 1.807) is 28.8 Å². The van der Waals surface area contributed by atoms with Crippen molar-refractivity contribution in [3.05, 3.63) is 87.7 Å². The van der Waals surface area contributed by atoms with E-state index in [9.17, 15) is 14.4 Å². The summed E-state index contributed by atoms with van der Waals surface area (Å²) in [6.07, 6.45) is 0.447. The molecule has 3 amide bonds. The number of ketones is 1. The Bertz CT molecular complexity index is 1190. The molecule has 31 heavy (non-hydrogen) atoms. The van der Waals surface area contributed by atoms with Gasteiger partial charge in [-0.2, -0.15) is 0 Å². The number of urea groups is 1. The number of nitrogens with two attached hydrogens (primary N) is 2. The first-order chi connectivity index (χ1) is 14.8. The second-order valence-corrected chi connectivity index (χ2v) is 7.78. The molecule has 0 saturated heterocycles. The first-order valence-electron chi connectivity index (χ1n) is 9.76. The Morgan fingerprint density at radius 1 is 1.00 bits per heavy atom. The number of halogens is 1. The summed E-state index contributed by atoms with van der Waals surface area (Å²) in [5.74, 6) is -0.758. The first-order valence-corrected chi connectivity index (χ1v) is 10.1. The molecular weight excluding hydrogens is 416 g/mol. The summed E-state index contributed by atoms with van der Waals surface area (Å²) in [6, 6.07) is 15.0. The topological polar surface area (TPSA) is 111 Å². The molecule has 4 N–H and O–H groups in total. The molecular formula is C23H21ClN4O3. The minimum absolute atomic E-state index is 0.0706. The van der Waals surface area contributed by atoms with Crippen LogP contribution in [0.4, 0.5) is 4.79 Å². The van der Waals surface area contributed by atoms with Gasteiger partial charge in [0.05, 0.1) is 11.6 Å². The molecule has 1 aromatic heterocycles. The summed E-state index contributed by atoms with van der Waals surface area (Å²) in [4.78, 5) is 38.0. The lowest BCUT2D eigenvalue weighted by Crippen LogP contribution is -2.44. The van der Waals surface area contributed by atoms with E-state index in [-0.39, 0.29) is 16.5 Å². The highest BCUT2D eigenvalue weighted by molar-refractivity contribution is 6.33. The van der Waals surface area contributed by atoms with E-state index in [2.05, 4.69) is 0 Å².